The lowest BCUT2D eigenvalue weighted by atomic mass is 10.0. The Morgan fingerprint density at radius 1 is 0.667 bits per heavy atom. The van der Waals surface area contributed by atoms with Crippen molar-refractivity contribution in [3.8, 4) is 0 Å². The molecule has 3 rings (SSSR count). The molecule has 18 heavy (non-hydrogen) atoms. The molecule has 2 radical (unpaired) electrons. The Morgan fingerprint density at radius 2 is 1.06 bits per heavy atom. The number of fused-ring (bicyclic) bond motifs is 3. The van der Waals surface area contributed by atoms with Gasteiger partial charge < -0.3 is 0 Å². The highest BCUT2D eigenvalue weighted by atomic mass is 35.5. The van der Waals surface area contributed by atoms with Crippen LogP contribution in [0.15, 0.2) is 24.3 Å². The smallest absolute Gasteiger partial charge is 0.0564 e. The SMILES string of the molecule is Clc1[c]cc(Cl)c2c1ccc1c(Cl)[c]cc(Cl)c12. The third-order valence-electron chi connectivity index (χ3n) is 2.81. The summed E-state index contributed by atoms with van der Waals surface area (Å²) in [4.78, 5) is 0. The van der Waals surface area contributed by atoms with Crippen molar-refractivity contribution in [1.82, 2.24) is 0 Å². The number of halogens is 4. The van der Waals surface area contributed by atoms with Gasteiger partial charge in [-0.25, -0.2) is 0 Å². The fraction of sp³-hybridized carbons (Fsp3) is 0. The molecule has 0 N–H and O–H groups in total. The molecule has 0 aliphatic rings. The first-order chi connectivity index (χ1) is 8.59. The van der Waals surface area contributed by atoms with E-state index in [2.05, 4.69) is 12.1 Å². The van der Waals surface area contributed by atoms with Crippen molar-refractivity contribution in [3.05, 3.63) is 56.5 Å². The molecular weight excluding hydrogens is 310 g/mol. The van der Waals surface area contributed by atoms with E-state index in [0.29, 0.717) is 20.1 Å². The molecule has 0 bridgehead atoms. The highest BCUT2D eigenvalue weighted by molar-refractivity contribution is 6.47. The summed E-state index contributed by atoms with van der Waals surface area (Å²) >= 11 is 24.7. The average Bonchev–Trinajstić information content (AvgIpc) is 2.37. The molecule has 4 heteroatoms. The Balaban J connectivity index is 2.69. The lowest BCUT2D eigenvalue weighted by Crippen LogP contribution is -1.83. The van der Waals surface area contributed by atoms with Gasteiger partial charge in [0.1, 0.15) is 0 Å². The Labute approximate surface area is 124 Å². The Bertz CT molecular complexity index is 711. The second-order valence-electron chi connectivity index (χ2n) is 3.81. The monoisotopic (exact) mass is 312 g/mol. The first-order valence-electron chi connectivity index (χ1n) is 5.07. The lowest BCUT2D eigenvalue weighted by molar-refractivity contribution is 1.74. The van der Waals surface area contributed by atoms with Crippen LogP contribution < -0.4 is 0 Å². The summed E-state index contributed by atoms with van der Waals surface area (Å²) in [5.74, 6) is 0. The molecule has 0 spiro atoms. The van der Waals surface area contributed by atoms with Crippen LogP contribution in [0.25, 0.3) is 21.5 Å². The minimum absolute atomic E-state index is 0.510. The largest absolute Gasteiger partial charge is 0.0836 e. The first kappa shape index (κ1) is 12.4. The van der Waals surface area contributed by atoms with Crippen molar-refractivity contribution in [2.75, 3.05) is 0 Å². The minimum Gasteiger partial charge on any atom is -0.0836 e. The highest BCUT2D eigenvalue weighted by Crippen LogP contribution is 2.40. The van der Waals surface area contributed by atoms with Crippen LogP contribution in [0.5, 0.6) is 0 Å². The fourth-order valence-corrected chi connectivity index (χ4v) is 2.94. The zero-order valence-electron chi connectivity index (χ0n) is 8.82. The molecule has 0 aromatic heterocycles. The van der Waals surface area contributed by atoms with E-state index < -0.39 is 0 Å². The average molecular weight is 314 g/mol. The molecule has 0 atom stereocenters. The summed E-state index contributed by atoms with van der Waals surface area (Å²) in [7, 11) is 0. The summed E-state index contributed by atoms with van der Waals surface area (Å²) in [6.45, 7) is 0. The van der Waals surface area contributed by atoms with E-state index in [1.807, 2.05) is 12.1 Å². The summed E-state index contributed by atoms with van der Waals surface area (Å²) in [6, 6.07) is 12.8. The van der Waals surface area contributed by atoms with Crippen molar-refractivity contribution in [2.24, 2.45) is 0 Å². The maximum atomic E-state index is 6.23. The van der Waals surface area contributed by atoms with E-state index >= 15 is 0 Å². The van der Waals surface area contributed by atoms with Crippen molar-refractivity contribution < 1.29 is 0 Å². The zero-order chi connectivity index (χ0) is 12.9. The van der Waals surface area contributed by atoms with Crippen LogP contribution in [0.1, 0.15) is 0 Å². The molecule has 0 unspecified atom stereocenters. The summed E-state index contributed by atoms with van der Waals surface area (Å²) in [6.07, 6.45) is 0. The highest BCUT2D eigenvalue weighted by Gasteiger charge is 2.12. The van der Waals surface area contributed by atoms with Gasteiger partial charge in [0.25, 0.3) is 0 Å². The van der Waals surface area contributed by atoms with Gasteiger partial charge in [0, 0.05) is 43.7 Å². The van der Waals surface area contributed by atoms with Crippen molar-refractivity contribution in [2.45, 2.75) is 0 Å². The molecule has 0 fully saturated rings. The van der Waals surface area contributed by atoms with Gasteiger partial charge >= 0.3 is 0 Å². The number of hydrogen-bond acceptors (Lipinski definition) is 0. The lowest BCUT2D eigenvalue weighted by Gasteiger charge is -2.09. The van der Waals surface area contributed by atoms with Gasteiger partial charge in [0.05, 0.1) is 10.0 Å². The maximum Gasteiger partial charge on any atom is 0.0564 e. The molecule has 0 heterocycles. The number of rotatable bonds is 0. The molecule has 0 amide bonds. The normalized spacial score (nSPS) is 11.3. The van der Waals surface area contributed by atoms with Crippen molar-refractivity contribution in [1.29, 1.82) is 0 Å². The van der Waals surface area contributed by atoms with Gasteiger partial charge in [0.15, 0.2) is 0 Å². The van der Waals surface area contributed by atoms with Crippen LogP contribution in [0.3, 0.4) is 0 Å². The third kappa shape index (κ3) is 1.76. The molecule has 88 valence electrons. The topological polar surface area (TPSA) is 0 Å². The minimum atomic E-state index is 0.510. The van der Waals surface area contributed by atoms with Crippen LogP contribution in [0.2, 0.25) is 20.1 Å². The molecule has 3 aromatic rings. The zero-order valence-corrected chi connectivity index (χ0v) is 11.8. The first-order valence-corrected chi connectivity index (χ1v) is 6.58. The van der Waals surface area contributed by atoms with E-state index in [4.69, 9.17) is 46.4 Å². The summed E-state index contributed by atoms with van der Waals surface area (Å²) < 4.78 is 0. The van der Waals surface area contributed by atoms with Crippen LogP contribution in [-0.2, 0) is 0 Å². The Kier molecular flexibility index (Phi) is 3.07. The molecule has 3 aromatic carbocycles. The van der Waals surface area contributed by atoms with Crippen LogP contribution in [0.4, 0.5) is 0 Å². The number of benzene rings is 3. The van der Waals surface area contributed by atoms with Gasteiger partial charge in [-0.2, -0.15) is 0 Å². The summed E-state index contributed by atoms with van der Waals surface area (Å²) in [5, 5.41) is 5.31. The maximum absolute atomic E-state index is 6.23. The van der Waals surface area contributed by atoms with E-state index in [1.165, 1.54) is 0 Å². The van der Waals surface area contributed by atoms with Crippen LogP contribution >= 0.6 is 46.4 Å². The molecule has 0 nitrogen and oxygen atoms in total. The van der Waals surface area contributed by atoms with Crippen molar-refractivity contribution in [3.63, 3.8) is 0 Å². The second kappa shape index (κ2) is 4.47. The van der Waals surface area contributed by atoms with E-state index in [9.17, 15) is 0 Å². The van der Waals surface area contributed by atoms with E-state index in [-0.39, 0.29) is 0 Å². The second-order valence-corrected chi connectivity index (χ2v) is 5.38. The molecule has 0 saturated heterocycles. The van der Waals surface area contributed by atoms with E-state index in [1.54, 1.807) is 12.1 Å². The van der Waals surface area contributed by atoms with E-state index in [0.717, 1.165) is 21.5 Å². The van der Waals surface area contributed by atoms with Gasteiger partial charge in [-0.3, -0.25) is 0 Å². The fourth-order valence-electron chi connectivity index (χ4n) is 2.02. The van der Waals surface area contributed by atoms with Gasteiger partial charge in [0.2, 0.25) is 0 Å². The molecule has 0 saturated carbocycles. The molecular formula is C14H4Cl4. The van der Waals surface area contributed by atoms with Gasteiger partial charge in [-0.15, -0.1) is 0 Å². The number of hydrogen-bond donors (Lipinski definition) is 0. The summed E-state index contributed by atoms with van der Waals surface area (Å²) in [5.41, 5.74) is 0. The van der Waals surface area contributed by atoms with Crippen LogP contribution in [-0.4, -0.2) is 0 Å². The Hall–Kier alpha value is -0.660. The van der Waals surface area contributed by atoms with Crippen molar-refractivity contribution >= 4 is 67.9 Å². The van der Waals surface area contributed by atoms with Crippen LogP contribution in [0, 0.1) is 12.1 Å². The Morgan fingerprint density at radius 3 is 1.44 bits per heavy atom. The predicted molar refractivity (Wildman–Crippen MR) is 79.2 cm³/mol. The van der Waals surface area contributed by atoms with Gasteiger partial charge in [-0.05, 0) is 12.1 Å². The predicted octanol–water partition coefficient (Wildman–Crippen LogP) is 6.21. The standard InChI is InChI=1S/C14H4Cl4/c15-9-3-5-11(17)13-7(9)1-2-8-10(16)4-6-12(18)14(8)13/h1-2,5-6H. The third-order valence-corrected chi connectivity index (χ3v) is 4.03. The quantitative estimate of drug-likeness (QED) is 0.433. The molecule has 0 aliphatic carbocycles. The van der Waals surface area contributed by atoms with Gasteiger partial charge in [-0.1, -0.05) is 58.5 Å². The molecule has 0 aliphatic heterocycles.